The maximum Gasteiger partial charge on any atom is 0.0945 e. The summed E-state index contributed by atoms with van der Waals surface area (Å²) in [6.07, 6.45) is 0.0321. The van der Waals surface area contributed by atoms with Crippen LogP contribution in [0.1, 0.15) is 15.9 Å². The third kappa shape index (κ3) is 2.74. The predicted molar refractivity (Wildman–Crippen MR) is 67.3 cm³/mol. The molecular formula is C10H8Cl2OS2. The summed E-state index contributed by atoms with van der Waals surface area (Å²) >= 11 is 14.7. The first kappa shape index (κ1) is 11.4. The van der Waals surface area contributed by atoms with Crippen LogP contribution in [0.4, 0.5) is 0 Å². The normalized spacial score (nSPS) is 13.0. The van der Waals surface area contributed by atoms with Gasteiger partial charge in [-0.2, -0.15) is 0 Å². The first-order valence-corrected chi connectivity index (χ1v) is 6.77. The minimum atomic E-state index is -0.535. The summed E-state index contributed by atoms with van der Waals surface area (Å²) in [5, 5.41) is 12.5. The standard InChI is InChI=1S/C10H8Cl2OS2/c11-7-3-4-14-10(7)8(13)5-6-1-2-9(12)15-6/h1-4,8,13H,5H2. The number of hydrogen-bond acceptors (Lipinski definition) is 3. The number of aliphatic hydroxyl groups excluding tert-OH is 1. The fraction of sp³-hybridized carbons (Fsp3) is 0.200. The summed E-state index contributed by atoms with van der Waals surface area (Å²) in [7, 11) is 0. The first-order chi connectivity index (χ1) is 7.16. The minimum absolute atomic E-state index is 0.535. The van der Waals surface area contributed by atoms with Gasteiger partial charge >= 0.3 is 0 Å². The summed E-state index contributed by atoms with van der Waals surface area (Å²) in [4.78, 5) is 1.89. The van der Waals surface area contributed by atoms with Gasteiger partial charge in [0.2, 0.25) is 0 Å². The van der Waals surface area contributed by atoms with Crippen molar-refractivity contribution in [3.63, 3.8) is 0 Å². The Hall–Kier alpha value is -0.0600. The molecule has 1 atom stereocenters. The van der Waals surface area contributed by atoms with Crippen molar-refractivity contribution < 1.29 is 5.11 Å². The summed E-state index contributed by atoms with van der Waals surface area (Å²) in [6.45, 7) is 0. The quantitative estimate of drug-likeness (QED) is 0.883. The molecule has 1 unspecified atom stereocenters. The number of thiophene rings is 2. The number of hydrogen-bond donors (Lipinski definition) is 1. The molecule has 0 fully saturated rings. The molecule has 0 aliphatic rings. The highest BCUT2D eigenvalue weighted by Gasteiger charge is 2.14. The van der Waals surface area contributed by atoms with Crippen LogP contribution in [0, 0.1) is 0 Å². The molecule has 0 saturated heterocycles. The van der Waals surface area contributed by atoms with E-state index in [-0.39, 0.29) is 0 Å². The molecular weight excluding hydrogens is 271 g/mol. The Labute approximate surface area is 106 Å². The van der Waals surface area contributed by atoms with Crippen molar-refractivity contribution in [2.75, 3.05) is 0 Å². The summed E-state index contributed by atoms with van der Waals surface area (Å²) in [5.74, 6) is 0. The molecule has 2 aromatic heterocycles. The van der Waals surface area contributed by atoms with Gasteiger partial charge in [0.15, 0.2) is 0 Å². The largest absolute Gasteiger partial charge is 0.387 e. The molecule has 0 bridgehead atoms. The van der Waals surface area contributed by atoms with Crippen LogP contribution >= 0.6 is 45.9 Å². The van der Waals surface area contributed by atoms with Gasteiger partial charge in [-0.1, -0.05) is 23.2 Å². The van der Waals surface area contributed by atoms with Gasteiger partial charge in [-0.3, -0.25) is 0 Å². The van der Waals surface area contributed by atoms with Crippen LogP contribution in [-0.2, 0) is 6.42 Å². The van der Waals surface area contributed by atoms with E-state index in [0.717, 1.165) is 14.1 Å². The van der Waals surface area contributed by atoms with E-state index in [1.165, 1.54) is 22.7 Å². The highest BCUT2D eigenvalue weighted by Crippen LogP contribution is 2.32. The molecule has 0 aliphatic carbocycles. The maximum absolute atomic E-state index is 9.94. The Balaban J connectivity index is 2.10. The van der Waals surface area contributed by atoms with E-state index in [0.29, 0.717) is 11.4 Å². The van der Waals surface area contributed by atoms with Gasteiger partial charge in [0, 0.05) is 11.3 Å². The van der Waals surface area contributed by atoms with E-state index in [1.807, 2.05) is 17.5 Å². The van der Waals surface area contributed by atoms with Crippen LogP contribution in [0.15, 0.2) is 23.6 Å². The van der Waals surface area contributed by atoms with Crippen molar-refractivity contribution in [3.8, 4) is 0 Å². The summed E-state index contributed by atoms with van der Waals surface area (Å²) in [5.41, 5.74) is 0. The van der Waals surface area contributed by atoms with Gasteiger partial charge < -0.3 is 5.11 Å². The summed E-state index contributed by atoms with van der Waals surface area (Å²) < 4.78 is 0.745. The van der Waals surface area contributed by atoms with E-state index in [4.69, 9.17) is 23.2 Å². The van der Waals surface area contributed by atoms with Gasteiger partial charge in [-0.15, -0.1) is 22.7 Å². The van der Waals surface area contributed by atoms with Crippen molar-refractivity contribution in [1.82, 2.24) is 0 Å². The van der Waals surface area contributed by atoms with Gasteiger partial charge in [0.25, 0.3) is 0 Å². The molecule has 0 aromatic carbocycles. The van der Waals surface area contributed by atoms with E-state index in [9.17, 15) is 5.11 Å². The minimum Gasteiger partial charge on any atom is -0.387 e. The Bertz CT molecular complexity index is 450. The van der Waals surface area contributed by atoms with Gasteiger partial charge in [-0.25, -0.2) is 0 Å². The van der Waals surface area contributed by atoms with Gasteiger partial charge in [-0.05, 0) is 23.6 Å². The molecule has 2 aromatic rings. The number of aliphatic hydroxyl groups is 1. The zero-order chi connectivity index (χ0) is 10.8. The second-order valence-corrected chi connectivity index (χ2v) is 6.21. The molecule has 1 nitrogen and oxygen atoms in total. The van der Waals surface area contributed by atoms with E-state index >= 15 is 0 Å². The van der Waals surface area contributed by atoms with Crippen molar-refractivity contribution in [3.05, 3.63) is 42.7 Å². The Morgan fingerprint density at radius 2 is 2.07 bits per heavy atom. The molecule has 80 valence electrons. The highest BCUT2D eigenvalue weighted by molar-refractivity contribution is 7.16. The van der Waals surface area contributed by atoms with Crippen LogP contribution in [0.25, 0.3) is 0 Å². The lowest BCUT2D eigenvalue weighted by Gasteiger charge is -2.07. The van der Waals surface area contributed by atoms with Gasteiger partial charge in [0.05, 0.1) is 20.3 Å². The van der Waals surface area contributed by atoms with Crippen LogP contribution < -0.4 is 0 Å². The van der Waals surface area contributed by atoms with Crippen LogP contribution in [-0.4, -0.2) is 5.11 Å². The average molecular weight is 279 g/mol. The Morgan fingerprint density at radius 1 is 1.27 bits per heavy atom. The monoisotopic (exact) mass is 278 g/mol. The van der Waals surface area contributed by atoms with Gasteiger partial charge in [0.1, 0.15) is 0 Å². The lowest BCUT2D eigenvalue weighted by atomic mass is 10.2. The number of rotatable bonds is 3. The van der Waals surface area contributed by atoms with E-state index < -0.39 is 6.10 Å². The third-order valence-electron chi connectivity index (χ3n) is 1.97. The molecule has 1 N–H and O–H groups in total. The van der Waals surface area contributed by atoms with Crippen LogP contribution in [0.5, 0.6) is 0 Å². The Kier molecular flexibility index (Phi) is 3.69. The third-order valence-corrected chi connectivity index (χ3v) is 4.68. The maximum atomic E-state index is 9.94. The van der Waals surface area contributed by atoms with Crippen molar-refractivity contribution in [2.24, 2.45) is 0 Å². The zero-order valence-electron chi connectivity index (χ0n) is 7.61. The Morgan fingerprint density at radius 3 is 2.60 bits per heavy atom. The van der Waals surface area contributed by atoms with Crippen molar-refractivity contribution >= 4 is 45.9 Å². The highest BCUT2D eigenvalue weighted by atomic mass is 35.5. The van der Waals surface area contributed by atoms with Crippen LogP contribution in [0.3, 0.4) is 0 Å². The van der Waals surface area contributed by atoms with Crippen molar-refractivity contribution in [2.45, 2.75) is 12.5 Å². The molecule has 15 heavy (non-hydrogen) atoms. The van der Waals surface area contributed by atoms with E-state index in [1.54, 1.807) is 6.07 Å². The molecule has 0 aliphatic heterocycles. The SMILES string of the molecule is OC(Cc1ccc(Cl)s1)c1sccc1Cl. The fourth-order valence-electron chi connectivity index (χ4n) is 1.29. The summed E-state index contributed by atoms with van der Waals surface area (Å²) in [6, 6.07) is 5.56. The fourth-order valence-corrected chi connectivity index (χ4v) is 3.58. The second kappa shape index (κ2) is 4.85. The molecule has 0 saturated carbocycles. The lowest BCUT2D eigenvalue weighted by molar-refractivity contribution is 0.183. The topological polar surface area (TPSA) is 20.2 Å². The molecule has 5 heteroatoms. The second-order valence-electron chi connectivity index (χ2n) is 3.06. The molecule has 0 amide bonds. The lowest BCUT2D eigenvalue weighted by Crippen LogP contribution is -1.98. The van der Waals surface area contributed by atoms with Crippen molar-refractivity contribution in [1.29, 1.82) is 0 Å². The smallest absolute Gasteiger partial charge is 0.0945 e. The molecule has 2 heterocycles. The van der Waals surface area contributed by atoms with E-state index in [2.05, 4.69) is 0 Å². The molecule has 2 rings (SSSR count). The number of halogens is 2. The van der Waals surface area contributed by atoms with Crippen LogP contribution in [0.2, 0.25) is 9.36 Å². The molecule has 0 radical (unpaired) electrons. The molecule has 0 spiro atoms. The first-order valence-electron chi connectivity index (χ1n) is 4.32. The predicted octanol–water partition coefficient (Wildman–Crippen LogP) is 4.39. The average Bonchev–Trinajstić information content (AvgIpc) is 2.75. The zero-order valence-corrected chi connectivity index (χ0v) is 10.8.